The molecule has 0 radical (unpaired) electrons. The van der Waals surface area contributed by atoms with Gasteiger partial charge in [0, 0.05) is 12.4 Å². The second-order valence-corrected chi connectivity index (χ2v) is 8.20. The summed E-state index contributed by atoms with van der Waals surface area (Å²) < 4.78 is 17.7. The van der Waals surface area contributed by atoms with Crippen molar-refractivity contribution in [1.29, 1.82) is 0 Å². The fourth-order valence-corrected chi connectivity index (χ4v) is 2.53. The Kier molecular flexibility index (Phi) is 3.24. The van der Waals surface area contributed by atoms with Gasteiger partial charge < -0.3 is 4.40 Å². The summed E-state index contributed by atoms with van der Waals surface area (Å²) in [5, 5.41) is 0. The molecule has 0 amide bonds. The predicted octanol–water partition coefficient (Wildman–Crippen LogP) is 3.09. The third-order valence-corrected chi connectivity index (χ3v) is 4.69. The first-order valence-electron chi connectivity index (χ1n) is 6.88. The van der Waals surface area contributed by atoms with Gasteiger partial charge in [-0.15, -0.1) is 0 Å². The van der Waals surface area contributed by atoms with E-state index >= 15 is 0 Å². The molecule has 0 aromatic carbocycles. The van der Waals surface area contributed by atoms with E-state index in [1.807, 2.05) is 37.4 Å². The number of aromatic nitrogens is 2. The fraction of sp³-hybridized carbons (Fsp3) is 0.467. The van der Waals surface area contributed by atoms with Crippen LogP contribution in [0.3, 0.4) is 0 Å². The highest BCUT2D eigenvalue weighted by Crippen LogP contribution is 2.39. The van der Waals surface area contributed by atoms with Gasteiger partial charge in [0.1, 0.15) is 22.3 Å². The fourth-order valence-electron chi connectivity index (χ4n) is 2.01. The number of rotatable bonds is 3. The Morgan fingerprint density at radius 2 is 2.10 bits per heavy atom. The minimum Gasteiger partial charge on any atom is -0.306 e. The van der Waals surface area contributed by atoms with Gasteiger partial charge >= 0.3 is 0 Å². The minimum absolute atomic E-state index is 0.338. The van der Waals surface area contributed by atoms with Crippen molar-refractivity contribution < 1.29 is 4.21 Å². The van der Waals surface area contributed by atoms with E-state index < -0.39 is 11.0 Å². The molecule has 5 heteroatoms. The molecule has 0 saturated heterocycles. The Morgan fingerprint density at radius 3 is 2.75 bits per heavy atom. The lowest BCUT2D eigenvalue weighted by atomic mass is 10.2. The first kappa shape index (κ1) is 13.5. The number of fused-ring (bicyclic) bond motifs is 1. The number of imidazole rings is 1. The van der Waals surface area contributed by atoms with Crippen molar-refractivity contribution in [2.75, 3.05) is 0 Å². The highest BCUT2D eigenvalue weighted by molar-refractivity contribution is 7.85. The zero-order valence-corrected chi connectivity index (χ0v) is 12.9. The van der Waals surface area contributed by atoms with Crippen LogP contribution in [-0.4, -0.2) is 24.6 Å². The van der Waals surface area contributed by atoms with E-state index in [0.29, 0.717) is 0 Å². The third kappa shape index (κ3) is 2.82. The van der Waals surface area contributed by atoms with E-state index in [4.69, 9.17) is 0 Å². The number of hydrogen-bond acceptors (Lipinski definition) is 2. The van der Waals surface area contributed by atoms with E-state index in [9.17, 15) is 4.21 Å². The molecule has 1 saturated carbocycles. The molecule has 1 aliphatic carbocycles. The molecule has 0 spiro atoms. The molecule has 1 atom stereocenters. The molecule has 1 unspecified atom stereocenters. The van der Waals surface area contributed by atoms with Crippen molar-refractivity contribution in [3.8, 4) is 0 Å². The summed E-state index contributed by atoms with van der Waals surface area (Å²) in [6.07, 6.45) is 8.26. The Hall–Kier alpha value is -1.49. The van der Waals surface area contributed by atoms with Gasteiger partial charge in [0.2, 0.25) is 0 Å². The molecule has 106 valence electrons. The minimum atomic E-state index is -1.24. The van der Waals surface area contributed by atoms with Crippen LogP contribution in [0.25, 0.3) is 5.65 Å². The maximum atomic E-state index is 11.9. The highest BCUT2D eigenvalue weighted by atomic mass is 32.2. The molecule has 4 nitrogen and oxygen atoms in total. The van der Waals surface area contributed by atoms with Crippen molar-refractivity contribution in [2.45, 2.75) is 44.3 Å². The van der Waals surface area contributed by atoms with Gasteiger partial charge in [-0.25, -0.2) is 9.19 Å². The van der Waals surface area contributed by atoms with Gasteiger partial charge in [0.05, 0.1) is 11.0 Å². The van der Waals surface area contributed by atoms with Crippen LogP contribution in [-0.2, 0) is 11.0 Å². The topological polar surface area (TPSA) is 46.7 Å². The van der Waals surface area contributed by atoms with Crippen molar-refractivity contribution in [3.05, 3.63) is 35.8 Å². The lowest BCUT2D eigenvalue weighted by Gasteiger charge is -2.12. The molecule has 0 N–H and O–H groups in total. The van der Waals surface area contributed by atoms with Crippen LogP contribution in [0, 0.1) is 0 Å². The van der Waals surface area contributed by atoms with Crippen LogP contribution in [0.15, 0.2) is 28.9 Å². The average Bonchev–Trinajstić information content (AvgIpc) is 3.14. The van der Waals surface area contributed by atoms with Gasteiger partial charge in [0.15, 0.2) is 0 Å². The molecule has 2 heterocycles. The first-order chi connectivity index (χ1) is 9.43. The number of pyridine rings is 1. The van der Waals surface area contributed by atoms with Gasteiger partial charge in [0.25, 0.3) is 0 Å². The summed E-state index contributed by atoms with van der Waals surface area (Å²) >= 11 is 0. The zero-order chi connectivity index (χ0) is 14.3. The molecule has 2 aromatic rings. The summed E-state index contributed by atoms with van der Waals surface area (Å²) in [6.45, 7) is 5.73. The highest BCUT2D eigenvalue weighted by Gasteiger charge is 2.23. The van der Waals surface area contributed by atoms with E-state index in [0.717, 1.165) is 17.3 Å². The second-order valence-electron chi connectivity index (χ2n) is 6.26. The lowest BCUT2D eigenvalue weighted by molar-refractivity contribution is 0.651. The van der Waals surface area contributed by atoms with E-state index in [2.05, 4.69) is 21.6 Å². The first-order valence-corrected chi connectivity index (χ1v) is 7.99. The van der Waals surface area contributed by atoms with Crippen LogP contribution in [0.5, 0.6) is 0 Å². The smallest absolute Gasteiger partial charge is 0.144 e. The second kappa shape index (κ2) is 4.81. The van der Waals surface area contributed by atoms with E-state index in [1.54, 1.807) is 6.21 Å². The Bertz CT molecular complexity index is 693. The zero-order valence-electron chi connectivity index (χ0n) is 12.0. The number of hydrogen-bond donors (Lipinski definition) is 0. The molecular formula is C15H19N3OS. The summed E-state index contributed by atoms with van der Waals surface area (Å²) in [5.41, 5.74) is 3.02. The Balaban J connectivity index is 1.85. The third-order valence-electron chi connectivity index (χ3n) is 3.35. The standard InChI is InChI=1S/C15H19N3OS/c1-15(2,3)20(19)16-8-13-10-18-9-12(11-4-5-11)6-7-14(18)17-13/h6-11H,4-5H2,1-3H3. The lowest BCUT2D eigenvalue weighted by Crippen LogP contribution is -2.19. The van der Waals surface area contributed by atoms with Gasteiger partial charge in [-0.2, -0.15) is 4.40 Å². The van der Waals surface area contributed by atoms with Crippen molar-refractivity contribution in [2.24, 2.45) is 4.40 Å². The average molecular weight is 289 g/mol. The van der Waals surface area contributed by atoms with Crippen molar-refractivity contribution >= 4 is 22.8 Å². The number of nitrogens with zero attached hydrogens (tertiary/aromatic N) is 3. The maximum absolute atomic E-state index is 11.9. The van der Waals surface area contributed by atoms with Crippen LogP contribution in [0.1, 0.15) is 50.8 Å². The van der Waals surface area contributed by atoms with Gasteiger partial charge in [-0.1, -0.05) is 6.07 Å². The molecular weight excluding hydrogens is 270 g/mol. The molecule has 3 rings (SSSR count). The van der Waals surface area contributed by atoms with Crippen molar-refractivity contribution in [3.63, 3.8) is 0 Å². The van der Waals surface area contributed by atoms with Gasteiger partial charge in [-0.05, 0) is 51.2 Å². The molecule has 1 aliphatic rings. The van der Waals surface area contributed by atoms with E-state index in [-0.39, 0.29) is 4.75 Å². The van der Waals surface area contributed by atoms with Crippen LogP contribution >= 0.6 is 0 Å². The quantitative estimate of drug-likeness (QED) is 0.815. The summed E-state index contributed by atoms with van der Waals surface area (Å²) in [5.74, 6) is 0.729. The molecule has 0 bridgehead atoms. The molecule has 2 aromatic heterocycles. The maximum Gasteiger partial charge on any atom is 0.144 e. The largest absolute Gasteiger partial charge is 0.306 e. The summed E-state index contributed by atoms with van der Waals surface area (Å²) in [7, 11) is -1.24. The predicted molar refractivity (Wildman–Crippen MR) is 82.7 cm³/mol. The Labute approximate surface area is 121 Å². The normalized spacial score (nSPS) is 17.9. The van der Waals surface area contributed by atoms with Crippen molar-refractivity contribution in [1.82, 2.24) is 9.38 Å². The Morgan fingerprint density at radius 1 is 1.35 bits per heavy atom. The summed E-state index contributed by atoms with van der Waals surface area (Å²) in [6, 6.07) is 4.18. The monoisotopic (exact) mass is 289 g/mol. The SMILES string of the molecule is CC(C)(C)S(=O)N=Cc1cn2cc(C3CC3)ccc2n1. The molecule has 20 heavy (non-hydrogen) atoms. The van der Waals surface area contributed by atoms with Crippen LogP contribution in [0.4, 0.5) is 0 Å². The van der Waals surface area contributed by atoms with Crippen LogP contribution < -0.4 is 0 Å². The van der Waals surface area contributed by atoms with Crippen LogP contribution in [0.2, 0.25) is 0 Å². The van der Waals surface area contributed by atoms with Gasteiger partial charge in [-0.3, -0.25) is 0 Å². The molecule has 0 aliphatic heterocycles. The van der Waals surface area contributed by atoms with E-state index in [1.165, 1.54) is 18.4 Å². The molecule has 1 fully saturated rings. The summed E-state index contributed by atoms with van der Waals surface area (Å²) in [4.78, 5) is 4.47.